The highest BCUT2D eigenvalue weighted by Gasteiger charge is 2.54. The Kier molecular flexibility index (Phi) is 28.2. The summed E-state index contributed by atoms with van der Waals surface area (Å²) in [5.41, 5.74) is -1.95. The molecule has 8 heterocycles. The number of rotatable bonds is 6. The maximum Gasteiger partial charge on any atom is 0.312 e. The van der Waals surface area contributed by atoms with Crippen LogP contribution >= 0.6 is 0 Å². The van der Waals surface area contributed by atoms with E-state index in [1.807, 2.05) is 41.8 Å². The summed E-state index contributed by atoms with van der Waals surface area (Å²) in [6.45, 7) is 34.2. The van der Waals surface area contributed by atoms with Crippen molar-refractivity contribution in [3.63, 3.8) is 0 Å². The number of piperazine rings is 2. The number of esters is 2. The molecule has 12 rings (SSSR count). The van der Waals surface area contributed by atoms with Crippen molar-refractivity contribution in [1.82, 2.24) is 25.1 Å². The lowest BCUT2D eigenvalue weighted by Gasteiger charge is -2.37. The molecule has 10 bridgehead atoms. The van der Waals surface area contributed by atoms with Crippen molar-refractivity contribution in [3.8, 4) is 34.5 Å². The lowest BCUT2D eigenvalue weighted by atomic mass is 9.77. The van der Waals surface area contributed by atoms with Gasteiger partial charge in [0.25, 0.3) is 23.4 Å². The van der Waals surface area contributed by atoms with Gasteiger partial charge in [0, 0.05) is 143 Å². The lowest BCUT2D eigenvalue weighted by molar-refractivity contribution is -0.159. The number of benzene rings is 3. The van der Waals surface area contributed by atoms with Crippen LogP contribution in [0.5, 0.6) is 34.5 Å². The molecule has 8 aliphatic heterocycles. The van der Waals surface area contributed by atoms with Crippen molar-refractivity contribution in [2.45, 2.75) is 173 Å². The van der Waals surface area contributed by atoms with Crippen LogP contribution in [-0.4, -0.2) is 235 Å². The number of hydrogen-bond acceptors (Lipinski definition) is 28. The number of aliphatic hydroxyl groups excluding tert-OH is 4. The van der Waals surface area contributed by atoms with E-state index in [-0.39, 0.29) is 90.2 Å². The first-order valence-electron chi connectivity index (χ1n) is 39.4. The fourth-order valence-corrected chi connectivity index (χ4v) is 15.5. The molecule has 30 nitrogen and oxygen atoms in total. The number of phenols is 4. The van der Waals surface area contributed by atoms with Crippen LogP contribution in [0.25, 0.3) is 10.8 Å². The number of nitrogens with zero attached hydrogens (tertiary/aromatic N) is 6. The average molecular weight is 1610 g/mol. The number of aromatic hydroxyl groups is 4. The third-order valence-electron chi connectivity index (χ3n) is 24.0. The van der Waals surface area contributed by atoms with Crippen molar-refractivity contribution in [3.05, 3.63) is 122 Å². The zero-order valence-corrected chi connectivity index (χ0v) is 69.8. The first kappa shape index (κ1) is 89.7. The molecule has 0 unspecified atom stereocenters. The van der Waals surface area contributed by atoms with Crippen LogP contribution < -0.4 is 20.1 Å². The summed E-state index contributed by atoms with van der Waals surface area (Å²) in [4.78, 5) is 114. The number of hydrazone groups is 2. The van der Waals surface area contributed by atoms with Crippen LogP contribution in [0.1, 0.15) is 169 Å². The highest BCUT2D eigenvalue weighted by atomic mass is 16.7. The predicted molar refractivity (Wildman–Crippen MR) is 433 cm³/mol. The number of hydrogen-bond donors (Lipinski definition) is 10. The standard InChI is InChI=1S/C43H58N4O11.C43H56N4O11/c2*1-21-14-19-56-43(9)41(54)32-30-31(36(51)27(7)40(32)58-43)38(53)33(29(37(30)52)20-44-47-17-15-46(10)16-18-47)45-42(55)23(3)13-11-12-22(2)34(49)25(5)35(50)26(6)39(24(21)4)57-28(8)48/h11-14,19-22,24-26,34-35,39,49-53H,15-18H2,1-10H3,(H,45,55);11-14,19-22,24-26,34-35,39,49-51H,15-18H2,1-10H3,(H,45,55)/b2*12-11+,19-14+,23-13-,44-20+/t2*21-,22-,24+,25+,26+,34-,35+,39+,43-/m00/s1. The zero-order chi connectivity index (χ0) is 85.9. The number of ketones is 4. The minimum atomic E-state index is -2.03. The number of allylic oxidation sites excluding steroid dienone is 8. The van der Waals surface area contributed by atoms with E-state index in [2.05, 4.69) is 30.6 Å². The van der Waals surface area contributed by atoms with E-state index in [4.69, 9.17) is 28.4 Å². The number of fused-ring (bicyclic) bond motifs is 28. The third-order valence-corrected chi connectivity index (χ3v) is 24.0. The van der Waals surface area contributed by atoms with Gasteiger partial charge in [-0.3, -0.25) is 48.4 Å². The normalized spacial score (nSPS) is 33.0. The largest absolute Gasteiger partial charge is 0.507 e. The van der Waals surface area contributed by atoms with Gasteiger partial charge in [-0.05, 0) is 77.6 Å². The monoisotopic (exact) mass is 1610 g/mol. The van der Waals surface area contributed by atoms with Gasteiger partial charge in [0.05, 0.1) is 93.8 Å². The van der Waals surface area contributed by atoms with Gasteiger partial charge in [-0.2, -0.15) is 10.2 Å². The number of anilines is 1. The molecule has 18 atom stereocenters. The Bertz CT molecular complexity index is 4640. The predicted octanol–water partition coefficient (Wildman–Crippen LogP) is 8.81. The summed E-state index contributed by atoms with van der Waals surface area (Å²) < 4.78 is 35.7. The molecule has 10 N–H and O–H groups in total. The van der Waals surface area contributed by atoms with Gasteiger partial charge in [-0.1, -0.05) is 106 Å². The van der Waals surface area contributed by atoms with Crippen LogP contribution in [0.4, 0.5) is 5.69 Å². The molecule has 0 radical (unpaired) electrons. The Morgan fingerprint density at radius 3 is 1.34 bits per heavy atom. The molecule has 30 heteroatoms. The molecule has 2 fully saturated rings. The van der Waals surface area contributed by atoms with Crippen molar-refractivity contribution < 1.29 is 108 Å². The second-order valence-electron chi connectivity index (χ2n) is 32.5. The summed E-state index contributed by atoms with van der Waals surface area (Å²) in [5, 5.41) is 110. The van der Waals surface area contributed by atoms with Gasteiger partial charge in [-0.15, -0.1) is 0 Å². The van der Waals surface area contributed by atoms with E-state index in [9.17, 15) is 79.2 Å². The van der Waals surface area contributed by atoms with E-state index < -0.39 is 176 Å². The number of carbonyl (C=O) groups excluding carboxylic acids is 8. The SMILES string of the molecule is CC(=O)O[C@H]1[C@H](C)[C@H](O)[C@H](C)[C@@H](O)[C@@H](C)/C=C/C=C(/C)C(=O)NC2=C(/C=N/N3CCN(C)CC3)C(=O)c3c(c(O)c(C)c4c3C(=O)[C@@](C)(O/C=C/[C@H](C)[C@H]1C)O4)C2=O.CC(=O)O[C@H]1[C@H](C)[C@H](O)[C@H](C)[C@@H](O)[C@@H](C)/C=C/C=C(/C)C(=O)Nc2c(/C=N/N3CCN(C)CC3)c(O)c3c4c(c(C)c(O)c3c2O)O[C@](C)(O/C=C/[C@H](C)[C@H]1C)C4=O. The first-order chi connectivity index (χ1) is 54.4. The van der Waals surface area contributed by atoms with Crippen LogP contribution in [0.3, 0.4) is 0 Å². The molecule has 3 aromatic rings. The molecule has 9 aliphatic rings. The van der Waals surface area contributed by atoms with Crippen molar-refractivity contribution in [2.75, 3.05) is 71.8 Å². The molecular formula is C86H114N8O22. The zero-order valence-electron chi connectivity index (χ0n) is 69.8. The summed E-state index contributed by atoms with van der Waals surface area (Å²) in [6.07, 6.45) is 12.1. The number of aliphatic hydroxyl groups is 4. The molecule has 3 aromatic carbocycles. The molecule has 116 heavy (non-hydrogen) atoms. The number of likely N-dealkylation sites (N-methyl/N-ethyl adjacent to an activating group) is 2. The van der Waals surface area contributed by atoms with Crippen molar-refractivity contribution in [1.29, 1.82) is 0 Å². The third kappa shape index (κ3) is 18.4. The fraction of sp³-hybridized carbons (Fsp3) is 0.535. The summed E-state index contributed by atoms with van der Waals surface area (Å²) >= 11 is 0. The molecule has 2 saturated heterocycles. The van der Waals surface area contributed by atoms with E-state index in [1.54, 1.807) is 88.0 Å². The highest BCUT2D eigenvalue weighted by Crippen LogP contribution is 2.56. The van der Waals surface area contributed by atoms with E-state index in [0.717, 1.165) is 13.1 Å². The first-order valence-corrected chi connectivity index (χ1v) is 39.4. The Balaban J connectivity index is 0.000000265. The van der Waals surface area contributed by atoms with Crippen LogP contribution in [0, 0.1) is 73.0 Å². The topological polar surface area (TPSA) is 416 Å². The van der Waals surface area contributed by atoms with Crippen LogP contribution in [-0.2, 0) is 38.1 Å². The fourth-order valence-electron chi connectivity index (χ4n) is 15.5. The lowest BCUT2D eigenvalue weighted by Crippen LogP contribution is -2.45. The minimum absolute atomic E-state index is 0.0100. The van der Waals surface area contributed by atoms with Gasteiger partial charge in [0.15, 0.2) is 11.5 Å². The molecule has 0 aromatic heterocycles. The minimum Gasteiger partial charge on any atom is -0.507 e. The van der Waals surface area contributed by atoms with Crippen molar-refractivity contribution >= 4 is 75.8 Å². The van der Waals surface area contributed by atoms with Crippen LogP contribution in [0.15, 0.2) is 93.8 Å². The number of amides is 2. The second kappa shape index (κ2) is 36.5. The number of carbonyl (C=O) groups is 8. The smallest absolute Gasteiger partial charge is 0.312 e. The second-order valence-corrected chi connectivity index (χ2v) is 32.5. The van der Waals surface area contributed by atoms with Crippen molar-refractivity contribution in [2.24, 2.45) is 69.4 Å². The van der Waals surface area contributed by atoms with E-state index in [0.29, 0.717) is 39.3 Å². The quantitative estimate of drug-likeness (QED) is 0.0476. The summed E-state index contributed by atoms with van der Waals surface area (Å²) in [5.74, 6) is -17.2. The molecule has 2 amide bonds. The number of Topliss-reactive ketones (excluding diaryl/α,β-unsaturated/α-hetero) is 4. The molecule has 0 spiro atoms. The Labute approximate surface area is 676 Å². The van der Waals surface area contributed by atoms with Gasteiger partial charge in [0.2, 0.25) is 5.78 Å². The molecule has 0 saturated carbocycles. The Morgan fingerprint density at radius 2 is 0.897 bits per heavy atom. The average Bonchev–Trinajstić information content (AvgIpc) is 1.51. The van der Waals surface area contributed by atoms with Gasteiger partial charge < -0.3 is 89.7 Å². The number of nitrogens with one attached hydrogen (secondary N) is 2. The Morgan fingerprint density at radius 1 is 0.483 bits per heavy atom. The van der Waals surface area contributed by atoms with E-state index >= 15 is 0 Å². The maximum absolute atomic E-state index is 14.6. The summed E-state index contributed by atoms with van der Waals surface area (Å²) in [7, 11) is 3.96. The van der Waals surface area contributed by atoms with Gasteiger partial charge in [0.1, 0.15) is 46.7 Å². The van der Waals surface area contributed by atoms with Gasteiger partial charge in [-0.25, -0.2) is 0 Å². The Hall–Kier alpha value is -10.2. The molecule has 1 aliphatic carbocycles. The highest BCUT2D eigenvalue weighted by molar-refractivity contribution is 6.38. The van der Waals surface area contributed by atoms with Gasteiger partial charge >= 0.3 is 23.5 Å². The van der Waals surface area contributed by atoms with E-state index in [1.165, 1.54) is 92.5 Å². The molecule has 630 valence electrons. The van der Waals surface area contributed by atoms with Crippen LogP contribution in [0.2, 0.25) is 0 Å². The molecular weight excluding hydrogens is 1500 g/mol. The number of phenolic OH excluding ortho intramolecular Hbond substituents is 4. The maximum atomic E-state index is 14.6. The summed E-state index contributed by atoms with van der Waals surface area (Å²) in [6, 6.07) is 0. The number of ether oxygens (including phenoxy) is 6.